The van der Waals surface area contributed by atoms with Crippen molar-refractivity contribution in [2.45, 2.75) is 19.4 Å². The molecule has 1 aromatic rings. The van der Waals surface area contributed by atoms with E-state index in [1.807, 2.05) is 6.07 Å². The number of carbonyl (C=O) groups is 1. The Bertz CT molecular complexity index is 486. The lowest BCUT2D eigenvalue weighted by molar-refractivity contribution is 0.0703. The summed E-state index contributed by atoms with van der Waals surface area (Å²) < 4.78 is 0. The topological polar surface area (TPSA) is 60.8 Å². The second-order valence-corrected chi connectivity index (χ2v) is 4.39. The van der Waals surface area contributed by atoms with E-state index in [0.717, 1.165) is 5.56 Å². The van der Waals surface area contributed by atoms with Crippen molar-refractivity contribution in [2.75, 3.05) is 20.2 Å². The van der Waals surface area contributed by atoms with E-state index in [2.05, 4.69) is 11.8 Å². The molecule has 0 aliphatic heterocycles. The number of rotatable bonds is 4. The van der Waals surface area contributed by atoms with Crippen LogP contribution in [0.3, 0.4) is 0 Å². The molecule has 1 atom stereocenters. The van der Waals surface area contributed by atoms with Gasteiger partial charge in [0.1, 0.15) is 0 Å². The molecule has 0 aromatic heterocycles. The molecule has 2 N–H and O–H groups in total. The highest BCUT2D eigenvalue weighted by atomic mass is 16.3. The molecular weight excluding hydrogens is 242 g/mol. The number of hydrogen-bond acceptors (Lipinski definition) is 3. The van der Waals surface area contributed by atoms with Crippen molar-refractivity contribution >= 4 is 5.91 Å². The number of hydrogen-bond donors (Lipinski definition) is 2. The quantitative estimate of drug-likeness (QED) is 0.791. The molecular formula is C15H19NO3. The standard InChI is InChI=1S/C15H19NO3/c1-12(18)11-16(2)15(19)14-8-5-7-13(10-14)6-3-4-9-17/h5,7-8,10,12,17-18H,4,9,11H2,1-2H3. The first kappa shape index (κ1) is 15.2. The molecule has 0 aliphatic carbocycles. The number of nitrogens with zero attached hydrogens (tertiary/aromatic N) is 1. The van der Waals surface area contributed by atoms with Gasteiger partial charge in [0.25, 0.3) is 5.91 Å². The predicted molar refractivity (Wildman–Crippen MR) is 73.7 cm³/mol. The highest BCUT2D eigenvalue weighted by Crippen LogP contribution is 2.07. The van der Waals surface area contributed by atoms with Crippen LogP contribution in [-0.4, -0.2) is 47.3 Å². The second kappa shape index (κ2) is 7.57. The molecule has 4 nitrogen and oxygen atoms in total. The second-order valence-electron chi connectivity index (χ2n) is 4.39. The Morgan fingerprint density at radius 1 is 1.47 bits per heavy atom. The van der Waals surface area contributed by atoms with Gasteiger partial charge in [0, 0.05) is 31.1 Å². The third kappa shape index (κ3) is 5.12. The molecule has 0 fully saturated rings. The first-order chi connectivity index (χ1) is 9.04. The van der Waals surface area contributed by atoms with Crippen molar-refractivity contribution in [2.24, 2.45) is 0 Å². The molecule has 1 amide bonds. The van der Waals surface area contributed by atoms with Crippen molar-refractivity contribution in [3.05, 3.63) is 35.4 Å². The van der Waals surface area contributed by atoms with Crippen LogP contribution < -0.4 is 0 Å². The predicted octanol–water partition coefficient (Wildman–Crippen LogP) is 0.873. The van der Waals surface area contributed by atoms with E-state index < -0.39 is 6.10 Å². The minimum absolute atomic E-state index is 0.0305. The zero-order chi connectivity index (χ0) is 14.3. The van der Waals surface area contributed by atoms with E-state index in [9.17, 15) is 9.90 Å². The molecule has 0 heterocycles. The smallest absolute Gasteiger partial charge is 0.253 e. The molecule has 1 rings (SSSR count). The van der Waals surface area contributed by atoms with Crippen LogP contribution in [0.4, 0.5) is 0 Å². The number of aliphatic hydroxyl groups is 2. The van der Waals surface area contributed by atoms with Crippen LogP contribution in [0.15, 0.2) is 24.3 Å². The van der Waals surface area contributed by atoms with Crippen LogP contribution in [0.5, 0.6) is 0 Å². The Balaban J connectivity index is 2.82. The molecule has 0 radical (unpaired) electrons. The van der Waals surface area contributed by atoms with Crippen molar-refractivity contribution in [1.29, 1.82) is 0 Å². The van der Waals surface area contributed by atoms with Crippen molar-refractivity contribution < 1.29 is 15.0 Å². The van der Waals surface area contributed by atoms with Crippen LogP contribution in [0.25, 0.3) is 0 Å². The van der Waals surface area contributed by atoms with Crippen molar-refractivity contribution in [3.63, 3.8) is 0 Å². The van der Waals surface area contributed by atoms with Crippen LogP contribution in [-0.2, 0) is 0 Å². The Labute approximate surface area is 113 Å². The number of carbonyl (C=O) groups excluding carboxylic acids is 1. The van der Waals surface area contributed by atoms with Crippen molar-refractivity contribution in [1.82, 2.24) is 4.90 Å². The average molecular weight is 261 g/mol. The maximum absolute atomic E-state index is 12.1. The van der Waals surface area contributed by atoms with E-state index >= 15 is 0 Å². The summed E-state index contributed by atoms with van der Waals surface area (Å²) in [6.45, 7) is 1.96. The van der Waals surface area contributed by atoms with Gasteiger partial charge in [0.2, 0.25) is 0 Å². The maximum atomic E-state index is 12.1. The van der Waals surface area contributed by atoms with Gasteiger partial charge in [-0.2, -0.15) is 0 Å². The van der Waals surface area contributed by atoms with E-state index in [4.69, 9.17) is 5.11 Å². The van der Waals surface area contributed by atoms with Gasteiger partial charge < -0.3 is 15.1 Å². The Morgan fingerprint density at radius 2 is 2.21 bits per heavy atom. The fourth-order valence-electron chi connectivity index (χ4n) is 1.65. The maximum Gasteiger partial charge on any atom is 0.253 e. The van der Waals surface area contributed by atoms with E-state index in [1.165, 1.54) is 4.90 Å². The lowest BCUT2D eigenvalue weighted by atomic mass is 10.1. The Kier molecular flexibility index (Phi) is 6.07. The van der Waals surface area contributed by atoms with Gasteiger partial charge in [-0.1, -0.05) is 17.9 Å². The Morgan fingerprint density at radius 3 is 2.84 bits per heavy atom. The molecule has 1 unspecified atom stereocenters. The zero-order valence-corrected chi connectivity index (χ0v) is 11.3. The van der Waals surface area contributed by atoms with Gasteiger partial charge in [-0.15, -0.1) is 0 Å². The summed E-state index contributed by atoms with van der Waals surface area (Å²) in [5.41, 5.74) is 1.28. The van der Waals surface area contributed by atoms with Crippen LogP contribution in [0.2, 0.25) is 0 Å². The summed E-state index contributed by atoms with van der Waals surface area (Å²) in [5.74, 6) is 5.56. The number of likely N-dealkylation sites (N-methyl/N-ethyl adjacent to an activating group) is 1. The minimum Gasteiger partial charge on any atom is -0.395 e. The molecule has 0 saturated heterocycles. The highest BCUT2D eigenvalue weighted by molar-refractivity contribution is 5.94. The number of amides is 1. The molecule has 0 aliphatic rings. The van der Waals surface area contributed by atoms with Crippen molar-refractivity contribution in [3.8, 4) is 11.8 Å². The molecule has 0 saturated carbocycles. The normalized spacial score (nSPS) is 11.4. The largest absolute Gasteiger partial charge is 0.395 e. The van der Waals surface area contributed by atoms with Crippen LogP contribution in [0, 0.1) is 11.8 Å². The van der Waals surface area contributed by atoms with Gasteiger partial charge >= 0.3 is 0 Å². The zero-order valence-electron chi connectivity index (χ0n) is 11.3. The van der Waals surface area contributed by atoms with Gasteiger partial charge in [-0.3, -0.25) is 4.79 Å². The summed E-state index contributed by atoms with van der Waals surface area (Å²) in [6.07, 6.45) is -0.137. The van der Waals surface area contributed by atoms with Gasteiger partial charge in [0.05, 0.1) is 12.7 Å². The first-order valence-electron chi connectivity index (χ1n) is 6.18. The summed E-state index contributed by atoms with van der Waals surface area (Å²) in [7, 11) is 1.65. The summed E-state index contributed by atoms with van der Waals surface area (Å²) in [4.78, 5) is 13.6. The highest BCUT2D eigenvalue weighted by Gasteiger charge is 2.13. The Hall–Kier alpha value is -1.83. The molecule has 102 valence electrons. The first-order valence-corrected chi connectivity index (χ1v) is 6.18. The number of benzene rings is 1. The molecule has 0 spiro atoms. The van der Waals surface area contributed by atoms with E-state index in [1.54, 1.807) is 32.2 Å². The summed E-state index contributed by atoms with van der Waals surface area (Å²) in [6, 6.07) is 7.02. The van der Waals surface area contributed by atoms with Gasteiger partial charge in [-0.25, -0.2) is 0 Å². The van der Waals surface area contributed by atoms with E-state index in [0.29, 0.717) is 18.5 Å². The third-order valence-electron chi connectivity index (χ3n) is 2.46. The molecule has 1 aromatic carbocycles. The summed E-state index contributed by atoms with van der Waals surface area (Å²) in [5, 5.41) is 17.9. The van der Waals surface area contributed by atoms with Gasteiger partial charge in [0.15, 0.2) is 0 Å². The molecule has 19 heavy (non-hydrogen) atoms. The molecule has 4 heteroatoms. The monoisotopic (exact) mass is 261 g/mol. The third-order valence-corrected chi connectivity index (χ3v) is 2.46. The lowest BCUT2D eigenvalue weighted by Crippen LogP contribution is -2.33. The van der Waals surface area contributed by atoms with Crippen LogP contribution in [0.1, 0.15) is 29.3 Å². The average Bonchev–Trinajstić information content (AvgIpc) is 2.38. The van der Waals surface area contributed by atoms with Gasteiger partial charge in [-0.05, 0) is 25.1 Å². The SMILES string of the molecule is CC(O)CN(C)C(=O)c1cccc(C#CCCO)c1. The summed E-state index contributed by atoms with van der Waals surface area (Å²) >= 11 is 0. The lowest BCUT2D eigenvalue weighted by Gasteiger charge is -2.18. The van der Waals surface area contributed by atoms with Crippen LogP contribution >= 0.6 is 0 Å². The minimum atomic E-state index is -0.554. The fraction of sp³-hybridized carbons (Fsp3) is 0.400. The van der Waals surface area contributed by atoms with E-state index in [-0.39, 0.29) is 12.5 Å². The number of aliphatic hydroxyl groups excluding tert-OH is 2. The fourth-order valence-corrected chi connectivity index (χ4v) is 1.65. The molecule has 0 bridgehead atoms.